The van der Waals surface area contributed by atoms with Crippen LogP contribution in [0.2, 0.25) is 0 Å². The molecule has 2 aliphatic rings. The van der Waals surface area contributed by atoms with E-state index in [1.54, 1.807) is 0 Å². The highest BCUT2D eigenvalue weighted by Gasteiger charge is 2.26. The van der Waals surface area contributed by atoms with Crippen molar-refractivity contribution in [2.24, 2.45) is 0 Å². The molecule has 2 nitrogen and oxygen atoms in total. The van der Waals surface area contributed by atoms with E-state index < -0.39 is 0 Å². The molecule has 1 fully saturated rings. The van der Waals surface area contributed by atoms with E-state index in [9.17, 15) is 5.11 Å². The maximum absolute atomic E-state index is 9.89. The van der Waals surface area contributed by atoms with Crippen molar-refractivity contribution in [2.75, 3.05) is 5.32 Å². The van der Waals surface area contributed by atoms with Crippen LogP contribution in [-0.4, -0.2) is 17.3 Å². The van der Waals surface area contributed by atoms with Gasteiger partial charge in [-0.2, -0.15) is 0 Å². The van der Waals surface area contributed by atoms with Crippen molar-refractivity contribution in [3.05, 3.63) is 29.3 Å². The number of aryl methyl sites for hydroxylation is 1. The zero-order valence-electron chi connectivity index (χ0n) is 10.3. The Morgan fingerprint density at radius 3 is 2.76 bits per heavy atom. The number of nitrogens with one attached hydrogen (secondary N) is 1. The third-order valence-electron chi connectivity index (χ3n) is 4.22. The maximum atomic E-state index is 9.89. The van der Waals surface area contributed by atoms with E-state index in [2.05, 4.69) is 23.5 Å². The molecular formula is C15H21NO. The van der Waals surface area contributed by atoms with Gasteiger partial charge >= 0.3 is 0 Å². The summed E-state index contributed by atoms with van der Waals surface area (Å²) in [5.74, 6) is 0. The molecule has 0 aromatic heterocycles. The lowest BCUT2D eigenvalue weighted by molar-refractivity contribution is 0.172. The summed E-state index contributed by atoms with van der Waals surface area (Å²) in [6.45, 7) is 0. The number of benzene rings is 1. The Morgan fingerprint density at radius 1 is 1.06 bits per heavy atom. The second-order valence-corrected chi connectivity index (χ2v) is 5.40. The summed E-state index contributed by atoms with van der Waals surface area (Å²) in [4.78, 5) is 0. The van der Waals surface area contributed by atoms with Crippen molar-refractivity contribution < 1.29 is 5.11 Å². The standard InChI is InChI=1S/C15H21NO/c17-15-10-4-9-14(15)16-13-8-3-6-11-5-1-2-7-12(11)13/h3,6,8,14-17H,1-2,4-5,7,9-10H2. The van der Waals surface area contributed by atoms with Gasteiger partial charge in [0, 0.05) is 5.69 Å². The van der Waals surface area contributed by atoms with Gasteiger partial charge in [-0.1, -0.05) is 12.1 Å². The van der Waals surface area contributed by atoms with E-state index in [4.69, 9.17) is 0 Å². The highest BCUT2D eigenvalue weighted by Crippen LogP contribution is 2.30. The molecule has 0 spiro atoms. The molecule has 0 saturated heterocycles. The predicted molar refractivity (Wildman–Crippen MR) is 70.4 cm³/mol. The summed E-state index contributed by atoms with van der Waals surface area (Å²) in [6.07, 6.45) is 8.08. The summed E-state index contributed by atoms with van der Waals surface area (Å²) in [5, 5.41) is 13.5. The molecule has 0 bridgehead atoms. The Labute approximate surface area is 103 Å². The zero-order chi connectivity index (χ0) is 11.7. The zero-order valence-corrected chi connectivity index (χ0v) is 10.3. The number of hydrogen-bond donors (Lipinski definition) is 2. The highest BCUT2D eigenvalue weighted by molar-refractivity contribution is 5.56. The molecule has 2 unspecified atom stereocenters. The first-order chi connectivity index (χ1) is 8.34. The van der Waals surface area contributed by atoms with Gasteiger partial charge in [0.2, 0.25) is 0 Å². The van der Waals surface area contributed by atoms with Gasteiger partial charge in [-0.25, -0.2) is 0 Å². The van der Waals surface area contributed by atoms with Crippen LogP contribution < -0.4 is 5.32 Å². The topological polar surface area (TPSA) is 32.3 Å². The minimum absolute atomic E-state index is 0.158. The molecule has 2 heteroatoms. The van der Waals surface area contributed by atoms with Crippen molar-refractivity contribution in [3.8, 4) is 0 Å². The summed E-state index contributed by atoms with van der Waals surface area (Å²) in [5.41, 5.74) is 4.28. The average molecular weight is 231 g/mol. The molecular weight excluding hydrogens is 210 g/mol. The summed E-state index contributed by atoms with van der Waals surface area (Å²) in [6, 6.07) is 6.84. The number of aliphatic hydroxyl groups is 1. The molecule has 1 aromatic rings. The Morgan fingerprint density at radius 2 is 1.94 bits per heavy atom. The first-order valence-electron chi connectivity index (χ1n) is 6.90. The molecule has 92 valence electrons. The maximum Gasteiger partial charge on any atom is 0.0741 e. The third-order valence-corrected chi connectivity index (χ3v) is 4.22. The van der Waals surface area contributed by atoms with E-state index in [1.807, 2.05) is 0 Å². The minimum Gasteiger partial charge on any atom is -0.391 e. The van der Waals surface area contributed by atoms with E-state index in [1.165, 1.54) is 42.5 Å². The first kappa shape index (κ1) is 11.1. The van der Waals surface area contributed by atoms with Crippen LogP contribution in [-0.2, 0) is 12.8 Å². The fraction of sp³-hybridized carbons (Fsp3) is 0.600. The number of aliphatic hydroxyl groups excluding tert-OH is 1. The van der Waals surface area contributed by atoms with Crippen molar-refractivity contribution in [2.45, 2.75) is 57.1 Å². The fourth-order valence-electron chi connectivity index (χ4n) is 3.23. The highest BCUT2D eigenvalue weighted by atomic mass is 16.3. The SMILES string of the molecule is OC1CCCC1Nc1cccc2c1CCCC2. The van der Waals surface area contributed by atoms with Crippen LogP contribution in [0, 0.1) is 0 Å². The number of rotatable bonds is 2. The van der Waals surface area contributed by atoms with Crippen LogP contribution >= 0.6 is 0 Å². The van der Waals surface area contributed by atoms with Gasteiger partial charge in [-0.3, -0.25) is 0 Å². The normalized spacial score (nSPS) is 27.8. The molecule has 17 heavy (non-hydrogen) atoms. The Kier molecular flexibility index (Phi) is 3.06. The van der Waals surface area contributed by atoms with Gasteiger partial charge in [0.15, 0.2) is 0 Å². The van der Waals surface area contributed by atoms with Crippen LogP contribution in [0.5, 0.6) is 0 Å². The van der Waals surface area contributed by atoms with Gasteiger partial charge in [0.1, 0.15) is 0 Å². The molecule has 2 atom stereocenters. The van der Waals surface area contributed by atoms with Crippen molar-refractivity contribution >= 4 is 5.69 Å². The van der Waals surface area contributed by atoms with Crippen molar-refractivity contribution in [1.29, 1.82) is 0 Å². The van der Waals surface area contributed by atoms with E-state index in [-0.39, 0.29) is 12.1 Å². The van der Waals surface area contributed by atoms with E-state index in [0.717, 1.165) is 19.3 Å². The first-order valence-corrected chi connectivity index (χ1v) is 6.90. The lowest BCUT2D eigenvalue weighted by Gasteiger charge is -2.24. The second kappa shape index (κ2) is 4.69. The second-order valence-electron chi connectivity index (χ2n) is 5.40. The minimum atomic E-state index is -0.158. The number of fused-ring (bicyclic) bond motifs is 1. The molecule has 2 N–H and O–H groups in total. The largest absolute Gasteiger partial charge is 0.391 e. The number of anilines is 1. The predicted octanol–water partition coefficient (Wildman–Crippen LogP) is 2.89. The van der Waals surface area contributed by atoms with Crippen LogP contribution in [0.15, 0.2) is 18.2 Å². The Bertz CT molecular complexity index is 402. The van der Waals surface area contributed by atoms with Crippen molar-refractivity contribution in [1.82, 2.24) is 0 Å². The average Bonchev–Trinajstić information content (AvgIpc) is 2.76. The van der Waals surface area contributed by atoms with Gasteiger partial charge < -0.3 is 10.4 Å². The monoisotopic (exact) mass is 231 g/mol. The fourth-order valence-corrected chi connectivity index (χ4v) is 3.23. The molecule has 3 rings (SSSR count). The smallest absolute Gasteiger partial charge is 0.0741 e. The lowest BCUT2D eigenvalue weighted by Crippen LogP contribution is -2.28. The molecule has 0 aliphatic heterocycles. The molecule has 2 aliphatic carbocycles. The van der Waals surface area contributed by atoms with Crippen LogP contribution in [0.4, 0.5) is 5.69 Å². The quantitative estimate of drug-likeness (QED) is 0.820. The van der Waals surface area contributed by atoms with Gasteiger partial charge in [0.05, 0.1) is 12.1 Å². The Hall–Kier alpha value is -1.02. The van der Waals surface area contributed by atoms with Crippen LogP contribution in [0.25, 0.3) is 0 Å². The molecule has 0 heterocycles. The van der Waals surface area contributed by atoms with E-state index >= 15 is 0 Å². The summed E-state index contributed by atoms with van der Waals surface area (Å²) < 4.78 is 0. The third kappa shape index (κ3) is 2.19. The van der Waals surface area contributed by atoms with Crippen molar-refractivity contribution in [3.63, 3.8) is 0 Å². The molecule has 0 radical (unpaired) electrons. The summed E-state index contributed by atoms with van der Waals surface area (Å²) >= 11 is 0. The molecule has 1 saturated carbocycles. The molecule has 0 amide bonds. The molecule has 1 aromatic carbocycles. The lowest BCUT2D eigenvalue weighted by atomic mass is 9.90. The summed E-state index contributed by atoms with van der Waals surface area (Å²) in [7, 11) is 0. The number of hydrogen-bond acceptors (Lipinski definition) is 2. The Balaban J connectivity index is 1.82. The van der Waals surface area contributed by atoms with Gasteiger partial charge in [-0.05, 0) is 62.1 Å². The van der Waals surface area contributed by atoms with Gasteiger partial charge in [0.25, 0.3) is 0 Å². The van der Waals surface area contributed by atoms with Gasteiger partial charge in [-0.15, -0.1) is 0 Å². The van der Waals surface area contributed by atoms with Crippen LogP contribution in [0.1, 0.15) is 43.2 Å². The van der Waals surface area contributed by atoms with E-state index in [0.29, 0.717) is 0 Å². The van der Waals surface area contributed by atoms with Crippen LogP contribution in [0.3, 0.4) is 0 Å².